The van der Waals surface area contributed by atoms with Gasteiger partial charge in [0.15, 0.2) is 11.6 Å². The lowest BCUT2D eigenvalue weighted by Crippen LogP contribution is -2.06. The quantitative estimate of drug-likeness (QED) is 0.288. The van der Waals surface area contributed by atoms with Gasteiger partial charge in [0, 0.05) is 23.8 Å². The van der Waals surface area contributed by atoms with Crippen molar-refractivity contribution < 1.29 is 9.59 Å². The summed E-state index contributed by atoms with van der Waals surface area (Å²) in [5.41, 5.74) is 1.53. The van der Waals surface area contributed by atoms with Crippen LogP contribution in [0.2, 0.25) is 5.15 Å². The van der Waals surface area contributed by atoms with Gasteiger partial charge in [0.2, 0.25) is 0 Å². The number of hydrogen-bond acceptors (Lipinski definition) is 3. The number of pyridine rings is 1. The molecule has 124 valence electrons. The summed E-state index contributed by atoms with van der Waals surface area (Å²) < 4.78 is 0. The van der Waals surface area contributed by atoms with Gasteiger partial charge in [0.05, 0.1) is 0 Å². The summed E-state index contributed by atoms with van der Waals surface area (Å²) >= 11 is 5.78. The number of unbranched alkanes of at least 4 members (excludes halogenated alkanes) is 2. The number of halogens is 1. The molecule has 24 heavy (non-hydrogen) atoms. The Balaban J connectivity index is 2.31. The van der Waals surface area contributed by atoms with Gasteiger partial charge in [-0.2, -0.15) is 0 Å². The molecule has 4 heteroatoms. The number of rotatable bonds is 8. The highest BCUT2D eigenvalue weighted by Gasteiger charge is 2.16. The van der Waals surface area contributed by atoms with E-state index in [9.17, 15) is 9.59 Å². The maximum atomic E-state index is 12.8. The minimum atomic E-state index is -0.228. The molecule has 0 saturated carbocycles. The zero-order valence-corrected chi connectivity index (χ0v) is 14.4. The highest BCUT2D eigenvalue weighted by atomic mass is 35.5. The van der Waals surface area contributed by atoms with Crippen LogP contribution in [0.4, 0.5) is 0 Å². The first-order valence-corrected chi connectivity index (χ1v) is 8.46. The number of hydrogen-bond donors (Lipinski definition) is 0. The number of allylic oxidation sites excluding steroid dienone is 2. The van der Waals surface area contributed by atoms with Gasteiger partial charge in [0.25, 0.3) is 0 Å². The Bertz CT molecular complexity index is 721. The number of ketones is 2. The number of Topliss-reactive ketones (excluding diaryl/α,β-unsaturated/α-hetero) is 1. The van der Waals surface area contributed by atoms with Crippen LogP contribution >= 0.6 is 11.6 Å². The van der Waals surface area contributed by atoms with Gasteiger partial charge in [-0.15, -0.1) is 0 Å². The molecule has 0 aliphatic heterocycles. The van der Waals surface area contributed by atoms with Gasteiger partial charge < -0.3 is 0 Å². The van der Waals surface area contributed by atoms with Crippen LogP contribution in [-0.4, -0.2) is 16.6 Å². The molecule has 0 N–H and O–H groups in total. The van der Waals surface area contributed by atoms with E-state index < -0.39 is 0 Å². The summed E-state index contributed by atoms with van der Waals surface area (Å²) in [6.07, 6.45) is 6.25. The molecule has 0 amide bonds. The van der Waals surface area contributed by atoms with Gasteiger partial charge >= 0.3 is 0 Å². The summed E-state index contributed by atoms with van der Waals surface area (Å²) in [5.74, 6) is -0.258. The third-order valence-electron chi connectivity index (χ3n) is 3.65. The smallest absolute Gasteiger partial charge is 0.195 e. The van der Waals surface area contributed by atoms with E-state index in [-0.39, 0.29) is 11.6 Å². The zero-order valence-electron chi connectivity index (χ0n) is 13.7. The van der Waals surface area contributed by atoms with Gasteiger partial charge in [0.1, 0.15) is 5.15 Å². The molecule has 0 atom stereocenters. The van der Waals surface area contributed by atoms with Gasteiger partial charge in [-0.3, -0.25) is 9.59 Å². The Hall–Kier alpha value is -2.26. The van der Waals surface area contributed by atoms with Crippen molar-refractivity contribution in [2.75, 3.05) is 0 Å². The number of carbonyl (C=O) groups excluding carboxylic acids is 2. The van der Waals surface area contributed by atoms with Crippen LogP contribution in [0.3, 0.4) is 0 Å². The molecule has 0 spiro atoms. The van der Waals surface area contributed by atoms with E-state index in [4.69, 9.17) is 11.6 Å². The maximum absolute atomic E-state index is 12.8. The average Bonchev–Trinajstić information content (AvgIpc) is 2.61. The maximum Gasteiger partial charge on any atom is 0.195 e. The monoisotopic (exact) mass is 341 g/mol. The average molecular weight is 342 g/mol. The molecule has 2 aromatic rings. The molecule has 1 aromatic carbocycles. The minimum Gasteiger partial charge on any atom is -0.295 e. The topological polar surface area (TPSA) is 47.0 Å². The van der Waals surface area contributed by atoms with Gasteiger partial charge in [-0.25, -0.2) is 4.98 Å². The Labute approximate surface area is 147 Å². The fraction of sp³-hybridized carbons (Fsp3) is 0.250. The fourth-order valence-electron chi connectivity index (χ4n) is 2.35. The third kappa shape index (κ3) is 5.14. The van der Waals surface area contributed by atoms with Crippen molar-refractivity contribution >= 4 is 28.7 Å². The number of nitrogens with zero attached hydrogens (tertiary/aromatic N) is 1. The third-order valence-corrected chi connectivity index (χ3v) is 3.87. The second-order valence-electron chi connectivity index (χ2n) is 5.55. The van der Waals surface area contributed by atoms with Crippen LogP contribution in [0.1, 0.15) is 48.5 Å². The van der Waals surface area contributed by atoms with Gasteiger partial charge in [-0.1, -0.05) is 61.7 Å². The standard InChI is InChI=1S/C20H20ClNO2/c1-2-3-5-10-17(23)13-18(15-8-6-4-7-9-15)20(24)16-11-12-19(21)22-14-16/h4,6-9,11-14H,2-3,5,10H2,1H3/b18-13+. The van der Waals surface area contributed by atoms with Crippen LogP contribution in [0.5, 0.6) is 0 Å². The van der Waals surface area contributed by atoms with Crippen LogP contribution in [0.25, 0.3) is 5.57 Å². The van der Waals surface area contributed by atoms with E-state index in [0.29, 0.717) is 22.7 Å². The Morgan fingerprint density at radius 2 is 1.79 bits per heavy atom. The Kier molecular flexibility index (Phi) is 6.89. The first-order valence-electron chi connectivity index (χ1n) is 8.08. The van der Waals surface area contributed by atoms with Crippen molar-refractivity contribution in [1.82, 2.24) is 4.98 Å². The minimum absolute atomic E-state index is 0.0300. The largest absolute Gasteiger partial charge is 0.295 e. The van der Waals surface area contributed by atoms with E-state index >= 15 is 0 Å². The molecule has 0 bridgehead atoms. The molecule has 0 saturated heterocycles. The molecule has 1 heterocycles. The van der Waals surface area contributed by atoms with E-state index in [0.717, 1.165) is 24.8 Å². The van der Waals surface area contributed by atoms with E-state index in [2.05, 4.69) is 11.9 Å². The molecule has 2 rings (SSSR count). The second-order valence-corrected chi connectivity index (χ2v) is 5.93. The number of aromatic nitrogens is 1. The zero-order chi connectivity index (χ0) is 17.4. The summed E-state index contributed by atoms with van der Waals surface area (Å²) in [4.78, 5) is 29.0. The molecular formula is C20H20ClNO2. The van der Waals surface area contributed by atoms with Crippen molar-refractivity contribution in [2.45, 2.75) is 32.6 Å². The van der Waals surface area contributed by atoms with Crippen molar-refractivity contribution in [2.24, 2.45) is 0 Å². The van der Waals surface area contributed by atoms with Crippen molar-refractivity contribution in [3.8, 4) is 0 Å². The van der Waals surface area contributed by atoms with Gasteiger partial charge in [-0.05, 0) is 30.2 Å². The first kappa shape index (κ1) is 18.1. The van der Waals surface area contributed by atoms with Crippen molar-refractivity contribution in [1.29, 1.82) is 0 Å². The Morgan fingerprint density at radius 3 is 2.42 bits per heavy atom. The second kappa shape index (κ2) is 9.14. The lowest BCUT2D eigenvalue weighted by atomic mass is 9.95. The normalized spacial score (nSPS) is 11.3. The van der Waals surface area contributed by atoms with E-state index in [1.807, 2.05) is 30.3 Å². The summed E-state index contributed by atoms with van der Waals surface area (Å²) in [6.45, 7) is 2.09. The highest BCUT2D eigenvalue weighted by Crippen LogP contribution is 2.21. The molecule has 3 nitrogen and oxygen atoms in total. The molecule has 1 aromatic heterocycles. The Morgan fingerprint density at radius 1 is 1.04 bits per heavy atom. The van der Waals surface area contributed by atoms with Crippen LogP contribution in [-0.2, 0) is 4.79 Å². The van der Waals surface area contributed by atoms with E-state index in [1.165, 1.54) is 12.3 Å². The molecule has 0 aliphatic carbocycles. The SMILES string of the molecule is CCCCCC(=O)/C=C(/C(=O)c1ccc(Cl)nc1)c1ccccc1. The van der Waals surface area contributed by atoms with Crippen molar-refractivity contribution in [3.05, 3.63) is 71.0 Å². The molecule has 0 unspecified atom stereocenters. The molecule has 0 radical (unpaired) electrons. The highest BCUT2D eigenvalue weighted by molar-refractivity contribution is 6.32. The summed E-state index contributed by atoms with van der Waals surface area (Å²) in [5, 5.41) is 0.326. The lowest BCUT2D eigenvalue weighted by molar-refractivity contribution is -0.114. The van der Waals surface area contributed by atoms with Crippen molar-refractivity contribution in [3.63, 3.8) is 0 Å². The molecule has 0 fully saturated rings. The number of carbonyl (C=O) groups is 2. The van der Waals surface area contributed by atoms with Crippen LogP contribution in [0, 0.1) is 0 Å². The summed E-state index contributed by atoms with van der Waals surface area (Å²) in [6, 6.07) is 12.4. The summed E-state index contributed by atoms with van der Waals surface area (Å²) in [7, 11) is 0. The fourth-order valence-corrected chi connectivity index (χ4v) is 2.46. The lowest BCUT2D eigenvalue weighted by Gasteiger charge is -2.07. The number of benzene rings is 1. The van der Waals surface area contributed by atoms with Crippen LogP contribution in [0.15, 0.2) is 54.7 Å². The predicted octanol–water partition coefficient (Wildman–Crippen LogP) is 5.15. The predicted molar refractivity (Wildman–Crippen MR) is 97.1 cm³/mol. The van der Waals surface area contributed by atoms with Crippen LogP contribution < -0.4 is 0 Å². The molecular weight excluding hydrogens is 322 g/mol. The molecule has 0 aliphatic rings. The first-order chi connectivity index (χ1) is 11.6. The van der Waals surface area contributed by atoms with E-state index in [1.54, 1.807) is 12.1 Å².